The SMILES string of the molecule is COCC1CCCN(C(CN)C2CCCC(C)C2)C1. The van der Waals surface area contributed by atoms with E-state index in [1.165, 1.54) is 51.6 Å². The summed E-state index contributed by atoms with van der Waals surface area (Å²) >= 11 is 0. The maximum absolute atomic E-state index is 6.13. The number of methoxy groups -OCH3 is 1. The number of hydrogen-bond donors (Lipinski definition) is 1. The van der Waals surface area contributed by atoms with Crippen LogP contribution in [-0.2, 0) is 4.74 Å². The maximum atomic E-state index is 6.13. The predicted molar refractivity (Wildman–Crippen MR) is 80.1 cm³/mol. The molecule has 1 saturated heterocycles. The number of nitrogens with two attached hydrogens (primary N) is 1. The fraction of sp³-hybridized carbons (Fsp3) is 1.00. The Labute approximate surface area is 118 Å². The third-order valence-electron chi connectivity index (χ3n) is 5.18. The van der Waals surface area contributed by atoms with Crippen molar-refractivity contribution in [2.75, 3.05) is 33.4 Å². The van der Waals surface area contributed by atoms with Gasteiger partial charge in [-0.2, -0.15) is 0 Å². The molecule has 3 heteroatoms. The second-order valence-electron chi connectivity index (χ2n) is 6.79. The van der Waals surface area contributed by atoms with Crippen LogP contribution in [0.25, 0.3) is 0 Å². The molecule has 2 aliphatic rings. The summed E-state index contributed by atoms with van der Waals surface area (Å²) in [5.41, 5.74) is 6.13. The Balaban J connectivity index is 1.92. The maximum Gasteiger partial charge on any atom is 0.0502 e. The second kappa shape index (κ2) is 7.61. The predicted octanol–water partition coefficient (Wildman–Crippen LogP) is 2.50. The molecule has 0 aromatic carbocycles. The Kier molecular flexibility index (Phi) is 6.11. The van der Waals surface area contributed by atoms with Gasteiger partial charge in [0, 0.05) is 26.2 Å². The normalized spacial score (nSPS) is 35.2. The monoisotopic (exact) mass is 268 g/mol. The highest BCUT2D eigenvalue weighted by Gasteiger charge is 2.32. The average Bonchev–Trinajstić information content (AvgIpc) is 2.41. The van der Waals surface area contributed by atoms with Crippen LogP contribution < -0.4 is 5.73 Å². The van der Waals surface area contributed by atoms with Crippen molar-refractivity contribution in [3.8, 4) is 0 Å². The molecule has 0 amide bonds. The fourth-order valence-corrected chi connectivity index (χ4v) is 4.24. The van der Waals surface area contributed by atoms with Gasteiger partial charge in [0.05, 0.1) is 6.61 Å². The number of hydrogen-bond acceptors (Lipinski definition) is 3. The summed E-state index contributed by atoms with van der Waals surface area (Å²) in [5, 5.41) is 0. The Bertz CT molecular complexity index is 257. The Hall–Kier alpha value is -0.120. The minimum absolute atomic E-state index is 0.613. The van der Waals surface area contributed by atoms with E-state index in [4.69, 9.17) is 10.5 Å². The minimum Gasteiger partial charge on any atom is -0.384 e. The van der Waals surface area contributed by atoms with E-state index in [9.17, 15) is 0 Å². The molecule has 2 fully saturated rings. The number of ether oxygens (including phenoxy) is 1. The first-order valence-electron chi connectivity index (χ1n) is 8.17. The van der Waals surface area contributed by atoms with Gasteiger partial charge in [0.2, 0.25) is 0 Å². The fourth-order valence-electron chi connectivity index (χ4n) is 4.24. The third kappa shape index (κ3) is 4.17. The summed E-state index contributed by atoms with van der Waals surface area (Å²) < 4.78 is 5.35. The van der Waals surface area contributed by atoms with Gasteiger partial charge in [-0.1, -0.05) is 19.8 Å². The van der Waals surface area contributed by atoms with Gasteiger partial charge in [0.25, 0.3) is 0 Å². The number of piperidine rings is 1. The molecule has 19 heavy (non-hydrogen) atoms. The van der Waals surface area contributed by atoms with Crippen LogP contribution >= 0.6 is 0 Å². The van der Waals surface area contributed by atoms with E-state index in [1.54, 1.807) is 0 Å². The van der Waals surface area contributed by atoms with E-state index in [-0.39, 0.29) is 0 Å². The molecule has 2 rings (SSSR count). The molecule has 112 valence electrons. The summed E-state index contributed by atoms with van der Waals surface area (Å²) in [6.07, 6.45) is 8.22. The average molecular weight is 268 g/mol. The van der Waals surface area contributed by atoms with Crippen molar-refractivity contribution < 1.29 is 4.74 Å². The van der Waals surface area contributed by atoms with Crippen LogP contribution in [0.5, 0.6) is 0 Å². The highest BCUT2D eigenvalue weighted by atomic mass is 16.5. The lowest BCUT2D eigenvalue weighted by Crippen LogP contribution is -2.51. The van der Waals surface area contributed by atoms with Crippen molar-refractivity contribution in [2.45, 2.75) is 51.5 Å². The quantitative estimate of drug-likeness (QED) is 0.832. The molecule has 1 aliphatic heterocycles. The zero-order valence-corrected chi connectivity index (χ0v) is 12.8. The van der Waals surface area contributed by atoms with Gasteiger partial charge in [-0.15, -0.1) is 0 Å². The van der Waals surface area contributed by atoms with Crippen molar-refractivity contribution in [2.24, 2.45) is 23.5 Å². The van der Waals surface area contributed by atoms with Gasteiger partial charge in [0.1, 0.15) is 0 Å². The molecule has 3 nitrogen and oxygen atoms in total. The van der Waals surface area contributed by atoms with Gasteiger partial charge >= 0.3 is 0 Å². The molecule has 1 heterocycles. The van der Waals surface area contributed by atoms with Gasteiger partial charge in [-0.05, 0) is 50.0 Å². The highest BCUT2D eigenvalue weighted by molar-refractivity contribution is 4.87. The van der Waals surface area contributed by atoms with E-state index < -0.39 is 0 Å². The van der Waals surface area contributed by atoms with Crippen LogP contribution in [0.2, 0.25) is 0 Å². The van der Waals surface area contributed by atoms with E-state index in [0.29, 0.717) is 12.0 Å². The molecule has 0 bridgehead atoms. The standard InChI is InChI=1S/C16H32N2O/c1-13-5-3-7-15(9-13)16(10-17)18-8-4-6-14(11-18)12-19-2/h13-16H,3-12,17H2,1-2H3. The van der Waals surface area contributed by atoms with Crippen LogP contribution in [0.15, 0.2) is 0 Å². The topological polar surface area (TPSA) is 38.5 Å². The number of nitrogens with zero attached hydrogens (tertiary/aromatic N) is 1. The molecule has 4 unspecified atom stereocenters. The summed E-state index contributed by atoms with van der Waals surface area (Å²) in [6.45, 7) is 6.59. The Morgan fingerprint density at radius 1 is 1.26 bits per heavy atom. The van der Waals surface area contributed by atoms with Crippen LogP contribution in [0.4, 0.5) is 0 Å². The van der Waals surface area contributed by atoms with Crippen molar-refractivity contribution in [3.63, 3.8) is 0 Å². The lowest BCUT2D eigenvalue weighted by atomic mass is 9.77. The first kappa shape index (κ1) is 15.3. The second-order valence-corrected chi connectivity index (χ2v) is 6.79. The zero-order valence-electron chi connectivity index (χ0n) is 12.8. The summed E-state index contributed by atoms with van der Waals surface area (Å²) in [7, 11) is 1.82. The minimum atomic E-state index is 0.613. The summed E-state index contributed by atoms with van der Waals surface area (Å²) in [5.74, 6) is 2.44. The van der Waals surface area contributed by atoms with Crippen molar-refractivity contribution in [1.82, 2.24) is 4.90 Å². The molecule has 1 saturated carbocycles. The van der Waals surface area contributed by atoms with Gasteiger partial charge in [-0.3, -0.25) is 4.90 Å². The van der Waals surface area contributed by atoms with Gasteiger partial charge in [0.15, 0.2) is 0 Å². The Morgan fingerprint density at radius 3 is 2.79 bits per heavy atom. The molecular formula is C16H32N2O. The summed E-state index contributed by atoms with van der Waals surface area (Å²) in [6, 6.07) is 0.613. The smallest absolute Gasteiger partial charge is 0.0502 e. The Morgan fingerprint density at radius 2 is 2.11 bits per heavy atom. The first-order chi connectivity index (χ1) is 9.24. The van der Waals surface area contributed by atoms with Gasteiger partial charge < -0.3 is 10.5 Å². The zero-order chi connectivity index (χ0) is 13.7. The van der Waals surface area contributed by atoms with Crippen molar-refractivity contribution >= 4 is 0 Å². The largest absolute Gasteiger partial charge is 0.384 e. The van der Waals surface area contributed by atoms with Crippen molar-refractivity contribution in [3.05, 3.63) is 0 Å². The number of likely N-dealkylation sites (tertiary alicyclic amines) is 1. The molecule has 2 N–H and O–H groups in total. The van der Waals surface area contributed by atoms with E-state index in [2.05, 4.69) is 11.8 Å². The third-order valence-corrected chi connectivity index (χ3v) is 5.18. The van der Waals surface area contributed by atoms with Gasteiger partial charge in [-0.25, -0.2) is 0 Å². The van der Waals surface area contributed by atoms with E-state index in [0.717, 1.165) is 25.0 Å². The lowest BCUT2D eigenvalue weighted by Gasteiger charge is -2.43. The van der Waals surface area contributed by atoms with E-state index >= 15 is 0 Å². The lowest BCUT2D eigenvalue weighted by molar-refractivity contribution is 0.0401. The molecule has 4 atom stereocenters. The highest BCUT2D eigenvalue weighted by Crippen LogP contribution is 2.33. The number of rotatable bonds is 5. The molecular weight excluding hydrogens is 236 g/mol. The van der Waals surface area contributed by atoms with E-state index in [1.807, 2.05) is 7.11 Å². The van der Waals surface area contributed by atoms with Crippen LogP contribution in [0, 0.1) is 17.8 Å². The molecule has 1 aliphatic carbocycles. The molecule has 0 spiro atoms. The van der Waals surface area contributed by atoms with Crippen molar-refractivity contribution in [1.29, 1.82) is 0 Å². The first-order valence-corrected chi connectivity index (χ1v) is 8.17. The summed E-state index contributed by atoms with van der Waals surface area (Å²) in [4.78, 5) is 2.68. The van der Waals surface area contributed by atoms with Crippen LogP contribution in [-0.4, -0.2) is 44.3 Å². The molecule has 0 aromatic heterocycles. The van der Waals surface area contributed by atoms with Crippen LogP contribution in [0.1, 0.15) is 45.4 Å². The molecule has 0 radical (unpaired) electrons. The van der Waals surface area contributed by atoms with Crippen LogP contribution in [0.3, 0.4) is 0 Å². The molecule has 0 aromatic rings.